The van der Waals surface area contributed by atoms with Gasteiger partial charge in [0.1, 0.15) is 17.1 Å². The van der Waals surface area contributed by atoms with Crippen LogP contribution in [0.1, 0.15) is 24.3 Å². The van der Waals surface area contributed by atoms with E-state index in [1.165, 1.54) is 24.7 Å². The fourth-order valence-corrected chi connectivity index (χ4v) is 3.00. The first-order valence-electron chi connectivity index (χ1n) is 6.51. The molecule has 1 fully saturated rings. The Morgan fingerprint density at radius 1 is 1.15 bits per heavy atom. The van der Waals surface area contributed by atoms with Gasteiger partial charge in [0, 0.05) is 16.9 Å². The van der Waals surface area contributed by atoms with Gasteiger partial charge >= 0.3 is 0 Å². The van der Waals surface area contributed by atoms with Crippen LogP contribution in [0.2, 0.25) is 10.2 Å². The summed E-state index contributed by atoms with van der Waals surface area (Å²) in [4.78, 5) is 8.52. The van der Waals surface area contributed by atoms with Gasteiger partial charge < -0.3 is 4.57 Å². The molecule has 0 saturated heterocycles. The van der Waals surface area contributed by atoms with Crippen molar-refractivity contribution in [3.05, 3.63) is 52.5 Å². The van der Waals surface area contributed by atoms with Crippen LogP contribution in [-0.4, -0.2) is 14.5 Å². The van der Waals surface area contributed by atoms with Crippen molar-refractivity contribution in [2.75, 3.05) is 0 Å². The van der Waals surface area contributed by atoms with Gasteiger partial charge in [0.15, 0.2) is 0 Å². The number of halogens is 2. The molecule has 1 aliphatic rings. The third kappa shape index (κ3) is 1.89. The van der Waals surface area contributed by atoms with Crippen LogP contribution in [0.5, 0.6) is 0 Å². The molecule has 0 N–H and O–H groups in total. The maximum Gasteiger partial charge on any atom is 0.149 e. The minimum atomic E-state index is 0.526. The van der Waals surface area contributed by atoms with E-state index in [2.05, 4.69) is 16.2 Å². The highest BCUT2D eigenvalue weighted by Crippen LogP contribution is 2.45. The first-order chi connectivity index (χ1) is 9.74. The highest BCUT2D eigenvalue weighted by molar-refractivity contribution is 6.34. The van der Waals surface area contributed by atoms with Crippen molar-refractivity contribution in [2.45, 2.75) is 18.8 Å². The Kier molecular flexibility index (Phi) is 2.72. The molecule has 0 amide bonds. The van der Waals surface area contributed by atoms with Crippen LogP contribution in [0.25, 0.3) is 16.7 Å². The molecule has 20 heavy (non-hydrogen) atoms. The van der Waals surface area contributed by atoms with Gasteiger partial charge in [-0.05, 0) is 42.5 Å². The van der Waals surface area contributed by atoms with Crippen LogP contribution in [-0.2, 0) is 0 Å². The molecule has 0 radical (unpaired) electrons. The normalized spacial score (nSPS) is 14.9. The van der Waals surface area contributed by atoms with Gasteiger partial charge in [0.25, 0.3) is 0 Å². The molecule has 0 unspecified atom stereocenters. The summed E-state index contributed by atoms with van der Waals surface area (Å²) >= 11 is 12.4. The molecule has 0 aliphatic heterocycles. The average molecular weight is 304 g/mol. The zero-order valence-electron chi connectivity index (χ0n) is 10.6. The summed E-state index contributed by atoms with van der Waals surface area (Å²) < 4.78 is 2.04. The standard InChI is InChI=1S/C15H11Cl2N3/c16-10-2-1-3-11(6-10)20-7-12(9-4-5-9)13-14(17)18-8-19-15(13)20/h1-3,6-9H,4-5H2. The molecule has 100 valence electrons. The fraction of sp³-hybridized carbons (Fsp3) is 0.200. The lowest BCUT2D eigenvalue weighted by atomic mass is 10.2. The van der Waals surface area contributed by atoms with Crippen LogP contribution in [0.15, 0.2) is 36.8 Å². The van der Waals surface area contributed by atoms with Crippen LogP contribution < -0.4 is 0 Å². The second kappa shape index (κ2) is 4.47. The quantitative estimate of drug-likeness (QED) is 0.648. The summed E-state index contributed by atoms with van der Waals surface area (Å²) in [6.45, 7) is 0. The van der Waals surface area contributed by atoms with Crippen LogP contribution >= 0.6 is 23.2 Å². The largest absolute Gasteiger partial charge is 0.301 e. The third-order valence-corrected chi connectivity index (χ3v) is 4.19. The van der Waals surface area contributed by atoms with Crippen LogP contribution in [0.4, 0.5) is 0 Å². The molecule has 4 rings (SSSR count). The summed E-state index contributed by atoms with van der Waals surface area (Å²) in [5.74, 6) is 0.585. The summed E-state index contributed by atoms with van der Waals surface area (Å²) in [5.41, 5.74) is 3.07. The molecule has 3 aromatic rings. The van der Waals surface area contributed by atoms with Crippen molar-refractivity contribution in [3.63, 3.8) is 0 Å². The number of fused-ring (bicyclic) bond motifs is 1. The van der Waals surface area contributed by atoms with Crippen molar-refractivity contribution in [1.29, 1.82) is 0 Å². The number of rotatable bonds is 2. The van der Waals surface area contributed by atoms with E-state index in [0.717, 1.165) is 16.7 Å². The smallest absolute Gasteiger partial charge is 0.149 e. The lowest BCUT2D eigenvalue weighted by molar-refractivity contribution is 1.05. The highest BCUT2D eigenvalue weighted by Gasteiger charge is 2.29. The predicted octanol–water partition coefficient (Wildman–Crippen LogP) is 4.60. The van der Waals surface area contributed by atoms with Crippen LogP contribution in [0, 0.1) is 0 Å². The van der Waals surface area contributed by atoms with E-state index >= 15 is 0 Å². The van der Waals surface area contributed by atoms with Crippen molar-refractivity contribution < 1.29 is 0 Å². The molecule has 0 atom stereocenters. The molecular formula is C15H11Cl2N3. The van der Waals surface area contributed by atoms with E-state index in [-0.39, 0.29) is 0 Å². The van der Waals surface area contributed by atoms with Gasteiger partial charge in [-0.1, -0.05) is 29.3 Å². The minimum Gasteiger partial charge on any atom is -0.301 e. The number of hydrogen-bond acceptors (Lipinski definition) is 2. The molecule has 2 heterocycles. The van der Waals surface area contributed by atoms with Crippen molar-refractivity contribution >= 4 is 34.2 Å². The van der Waals surface area contributed by atoms with E-state index < -0.39 is 0 Å². The third-order valence-electron chi connectivity index (χ3n) is 3.67. The summed E-state index contributed by atoms with van der Waals surface area (Å²) in [6, 6.07) is 7.73. The zero-order valence-corrected chi connectivity index (χ0v) is 12.1. The van der Waals surface area contributed by atoms with E-state index in [1.807, 2.05) is 28.8 Å². The first kappa shape index (κ1) is 12.2. The molecule has 0 bridgehead atoms. The van der Waals surface area contributed by atoms with Crippen LogP contribution in [0.3, 0.4) is 0 Å². The zero-order chi connectivity index (χ0) is 13.7. The van der Waals surface area contributed by atoms with Crippen molar-refractivity contribution in [1.82, 2.24) is 14.5 Å². The van der Waals surface area contributed by atoms with Gasteiger partial charge in [0.05, 0.1) is 5.39 Å². The number of hydrogen-bond donors (Lipinski definition) is 0. The molecule has 1 saturated carbocycles. The molecule has 0 spiro atoms. The highest BCUT2D eigenvalue weighted by atomic mass is 35.5. The van der Waals surface area contributed by atoms with E-state index in [9.17, 15) is 0 Å². The molecule has 1 aliphatic carbocycles. The van der Waals surface area contributed by atoms with Crippen molar-refractivity contribution in [2.24, 2.45) is 0 Å². The van der Waals surface area contributed by atoms with Gasteiger partial charge in [-0.3, -0.25) is 0 Å². The second-order valence-electron chi connectivity index (χ2n) is 5.07. The Hall–Kier alpha value is -1.58. The predicted molar refractivity (Wildman–Crippen MR) is 80.9 cm³/mol. The Morgan fingerprint density at radius 2 is 2.00 bits per heavy atom. The van der Waals surface area contributed by atoms with E-state index in [0.29, 0.717) is 16.1 Å². The Labute approximate surface area is 126 Å². The monoisotopic (exact) mass is 303 g/mol. The molecule has 5 heteroatoms. The summed E-state index contributed by atoms with van der Waals surface area (Å²) in [7, 11) is 0. The Bertz CT molecular complexity index is 806. The minimum absolute atomic E-state index is 0.526. The number of benzene rings is 1. The molecule has 1 aromatic carbocycles. The second-order valence-corrected chi connectivity index (χ2v) is 5.87. The van der Waals surface area contributed by atoms with Gasteiger partial charge in [-0.2, -0.15) is 0 Å². The SMILES string of the molecule is Clc1cccc(-n2cc(C3CC3)c3c(Cl)ncnc32)c1. The fourth-order valence-electron chi connectivity index (χ4n) is 2.58. The van der Waals surface area contributed by atoms with Gasteiger partial charge in [-0.25, -0.2) is 9.97 Å². The first-order valence-corrected chi connectivity index (χ1v) is 7.27. The molecule has 3 nitrogen and oxygen atoms in total. The van der Waals surface area contributed by atoms with E-state index in [4.69, 9.17) is 23.2 Å². The van der Waals surface area contributed by atoms with Crippen molar-refractivity contribution in [3.8, 4) is 5.69 Å². The van der Waals surface area contributed by atoms with E-state index in [1.54, 1.807) is 0 Å². The topological polar surface area (TPSA) is 30.7 Å². The maximum absolute atomic E-state index is 6.28. The summed E-state index contributed by atoms with van der Waals surface area (Å²) in [6.07, 6.45) is 6.04. The summed E-state index contributed by atoms with van der Waals surface area (Å²) in [5, 5.41) is 2.20. The lowest BCUT2D eigenvalue weighted by Crippen LogP contribution is -1.94. The number of nitrogens with zero attached hydrogens (tertiary/aromatic N) is 3. The molecular weight excluding hydrogens is 293 g/mol. The van der Waals surface area contributed by atoms with Gasteiger partial charge in [-0.15, -0.1) is 0 Å². The maximum atomic E-state index is 6.28. The lowest BCUT2D eigenvalue weighted by Gasteiger charge is -2.04. The average Bonchev–Trinajstić information content (AvgIpc) is 3.20. The Morgan fingerprint density at radius 3 is 2.75 bits per heavy atom. The van der Waals surface area contributed by atoms with Gasteiger partial charge in [0.2, 0.25) is 0 Å². The number of aromatic nitrogens is 3. The Balaban J connectivity index is 2.02. The molecule has 2 aromatic heterocycles.